The van der Waals surface area contributed by atoms with Crippen LogP contribution < -0.4 is 0 Å². The molecule has 0 radical (unpaired) electrons. The van der Waals surface area contributed by atoms with E-state index in [0.29, 0.717) is 12.0 Å². The molecule has 0 unspecified atom stereocenters. The molecule has 0 N–H and O–H groups in total. The summed E-state index contributed by atoms with van der Waals surface area (Å²) in [4.78, 5) is 26.6. The highest BCUT2D eigenvalue weighted by Crippen LogP contribution is 2.30. The molecule has 0 aliphatic carbocycles. The number of pyridine rings is 1. The van der Waals surface area contributed by atoms with Crippen LogP contribution in [0.5, 0.6) is 0 Å². The van der Waals surface area contributed by atoms with Gasteiger partial charge < -0.3 is 9.47 Å². The quantitative estimate of drug-likeness (QED) is 0.688. The van der Waals surface area contributed by atoms with Crippen molar-refractivity contribution in [3.8, 4) is 0 Å². The first kappa shape index (κ1) is 18.3. The number of hydrogen-bond acceptors (Lipinski definition) is 4. The second kappa shape index (κ2) is 7.59. The van der Waals surface area contributed by atoms with E-state index in [9.17, 15) is 4.79 Å². The van der Waals surface area contributed by atoms with Crippen molar-refractivity contribution in [1.82, 2.24) is 24.3 Å². The Labute approximate surface area is 171 Å². The molecule has 5 heterocycles. The molecule has 1 aromatic carbocycles. The molecule has 2 atom stereocenters. The highest BCUT2D eigenvalue weighted by atomic mass is 16.2. The molecule has 2 bridgehead atoms. The van der Waals surface area contributed by atoms with Gasteiger partial charge in [0.2, 0.25) is 0 Å². The Morgan fingerprint density at radius 3 is 2.72 bits per heavy atom. The summed E-state index contributed by atoms with van der Waals surface area (Å²) in [5, 5.41) is 0. The highest BCUT2D eigenvalue weighted by molar-refractivity contribution is 5.94. The number of amides is 1. The molecule has 2 aromatic heterocycles. The topological polar surface area (TPSA) is 54.3 Å². The van der Waals surface area contributed by atoms with E-state index in [1.54, 1.807) is 12.4 Å². The third kappa shape index (κ3) is 3.42. The lowest BCUT2D eigenvalue weighted by Crippen LogP contribution is -2.44. The molecule has 6 nitrogen and oxygen atoms in total. The third-order valence-corrected chi connectivity index (χ3v) is 6.44. The molecule has 0 spiro atoms. The van der Waals surface area contributed by atoms with Gasteiger partial charge in [-0.2, -0.15) is 0 Å². The van der Waals surface area contributed by atoms with E-state index in [2.05, 4.69) is 50.5 Å². The standard InChI is InChI=1S/C23H27N5O/c1-2-28-21-6-4-3-5-20(21)25-22(28)16-26-13-17-7-8-19(26)15-27(14-17)23(29)18-9-11-24-12-10-18/h3-6,9-12,17,19H,2,7-8,13-16H2,1H3/t17-,19-/m1/s1. The molecule has 6 heteroatoms. The number of imidazole rings is 1. The van der Waals surface area contributed by atoms with Gasteiger partial charge in [-0.15, -0.1) is 0 Å². The monoisotopic (exact) mass is 389 g/mol. The number of carbonyl (C=O) groups is 1. The zero-order valence-electron chi connectivity index (χ0n) is 16.9. The molecule has 3 aliphatic heterocycles. The number of rotatable bonds is 4. The average Bonchev–Trinajstić information content (AvgIpc) is 2.88. The maximum absolute atomic E-state index is 13.0. The predicted molar refractivity (Wildman–Crippen MR) is 112 cm³/mol. The molecule has 3 saturated heterocycles. The fraction of sp³-hybridized carbons (Fsp3) is 0.435. The number of para-hydroxylation sites is 2. The number of aromatic nitrogens is 3. The minimum atomic E-state index is 0.131. The number of fused-ring (bicyclic) bond motifs is 5. The van der Waals surface area contributed by atoms with E-state index in [-0.39, 0.29) is 5.91 Å². The third-order valence-electron chi connectivity index (χ3n) is 6.44. The SMILES string of the molecule is CCn1c(CN2C[C@H]3CC[C@@H]2CN(C(=O)c2ccncc2)C3)nc2ccccc21. The van der Waals surface area contributed by atoms with Gasteiger partial charge in [-0.05, 0) is 49.9 Å². The molecule has 0 saturated carbocycles. The molecule has 150 valence electrons. The second-order valence-corrected chi connectivity index (χ2v) is 8.23. The van der Waals surface area contributed by atoms with Gasteiger partial charge in [-0.25, -0.2) is 4.98 Å². The van der Waals surface area contributed by atoms with E-state index < -0.39 is 0 Å². The Bertz CT molecular complexity index is 1010. The number of hydrogen-bond donors (Lipinski definition) is 0. The van der Waals surface area contributed by atoms with Gasteiger partial charge in [-0.1, -0.05) is 12.1 Å². The minimum absolute atomic E-state index is 0.131. The van der Waals surface area contributed by atoms with Crippen molar-refractivity contribution in [2.75, 3.05) is 19.6 Å². The Balaban J connectivity index is 1.38. The average molecular weight is 390 g/mol. The fourth-order valence-corrected chi connectivity index (χ4v) is 5.00. The summed E-state index contributed by atoms with van der Waals surface area (Å²) in [5.74, 6) is 1.79. The molecule has 6 rings (SSSR count). The van der Waals surface area contributed by atoms with Crippen molar-refractivity contribution in [2.45, 2.75) is 38.9 Å². The maximum Gasteiger partial charge on any atom is 0.254 e. The number of nitrogens with zero attached hydrogens (tertiary/aromatic N) is 5. The molecule has 29 heavy (non-hydrogen) atoms. The Morgan fingerprint density at radius 1 is 1.07 bits per heavy atom. The van der Waals surface area contributed by atoms with Gasteiger partial charge in [0, 0.05) is 50.2 Å². The van der Waals surface area contributed by atoms with E-state index in [0.717, 1.165) is 56.0 Å². The smallest absolute Gasteiger partial charge is 0.254 e. The van der Waals surface area contributed by atoms with Crippen LogP contribution in [0.3, 0.4) is 0 Å². The van der Waals surface area contributed by atoms with Crippen molar-refractivity contribution in [1.29, 1.82) is 0 Å². The second-order valence-electron chi connectivity index (χ2n) is 8.23. The van der Waals surface area contributed by atoms with E-state index >= 15 is 0 Å². The summed E-state index contributed by atoms with van der Waals surface area (Å²) in [6, 6.07) is 12.4. The Kier molecular flexibility index (Phi) is 4.79. The van der Waals surface area contributed by atoms with Crippen LogP contribution in [0.4, 0.5) is 0 Å². The lowest BCUT2D eigenvalue weighted by atomic mass is 9.95. The number of benzene rings is 1. The van der Waals surface area contributed by atoms with Gasteiger partial charge in [0.05, 0.1) is 17.6 Å². The predicted octanol–water partition coefficient (Wildman–Crippen LogP) is 3.19. The molecular weight excluding hydrogens is 362 g/mol. The minimum Gasteiger partial charge on any atom is -0.337 e. The summed E-state index contributed by atoms with van der Waals surface area (Å²) >= 11 is 0. The summed E-state index contributed by atoms with van der Waals surface area (Å²) in [6.07, 6.45) is 5.74. The number of aryl methyl sites for hydroxylation is 1. The van der Waals surface area contributed by atoms with Gasteiger partial charge >= 0.3 is 0 Å². The van der Waals surface area contributed by atoms with E-state index in [4.69, 9.17) is 4.98 Å². The van der Waals surface area contributed by atoms with Crippen molar-refractivity contribution < 1.29 is 4.79 Å². The van der Waals surface area contributed by atoms with Crippen LogP contribution in [0.2, 0.25) is 0 Å². The summed E-state index contributed by atoms with van der Waals surface area (Å²) in [6.45, 7) is 6.63. The van der Waals surface area contributed by atoms with Crippen molar-refractivity contribution in [2.24, 2.45) is 5.92 Å². The lowest BCUT2D eigenvalue weighted by molar-refractivity contribution is 0.0734. The van der Waals surface area contributed by atoms with Crippen LogP contribution in [0.1, 0.15) is 35.9 Å². The van der Waals surface area contributed by atoms with Crippen molar-refractivity contribution in [3.05, 3.63) is 60.2 Å². The van der Waals surface area contributed by atoms with Crippen molar-refractivity contribution >= 4 is 16.9 Å². The molecule has 3 aromatic rings. The zero-order valence-corrected chi connectivity index (χ0v) is 16.9. The largest absolute Gasteiger partial charge is 0.337 e. The maximum atomic E-state index is 13.0. The lowest BCUT2D eigenvalue weighted by Gasteiger charge is -2.35. The summed E-state index contributed by atoms with van der Waals surface area (Å²) in [5.41, 5.74) is 3.01. The normalized spacial score (nSPS) is 22.2. The molecular formula is C23H27N5O. The first-order chi connectivity index (χ1) is 14.2. The highest BCUT2D eigenvalue weighted by Gasteiger charge is 2.37. The summed E-state index contributed by atoms with van der Waals surface area (Å²) < 4.78 is 2.33. The van der Waals surface area contributed by atoms with Gasteiger partial charge in [0.1, 0.15) is 5.82 Å². The van der Waals surface area contributed by atoms with Crippen LogP contribution in [0, 0.1) is 5.92 Å². The van der Waals surface area contributed by atoms with Crippen molar-refractivity contribution in [3.63, 3.8) is 0 Å². The Morgan fingerprint density at radius 2 is 1.90 bits per heavy atom. The molecule has 3 fully saturated rings. The zero-order chi connectivity index (χ0) is 19.8. The van der Waals surface area contributed by atoms with Gasteiger partial charge in [0.25, 0.3) is 5.91 Å². The summed E-state index contributed by atoms with van der Waals surface area (Å²) in [7, 11) is 0. The van der Waals surface area contributed by atoms with Crippen LogP contribution >= 0.6 is 0 Å². The first-order valence-corrected chi connectivity index (χ1v) is 10.6. The first-order valence-electron chi connectivity index (χ1n) is 10.6. The van der Waals surface area contributed by atoms with E-state index in [1.807, 2.05) is 12.1 Å². The van der Waals surface area contributed by atoms with Gasteiger partial charge in [-0.3, -0.25) is 14.7 Å². The van der Waals surface area contributed by atoms with Crippen LogP contribution in [0.15, 0.2) is 48.8 Å². The Hall–Kier alpha value is -2.73. The van der Waals surface area contributed by atoms with Gasteiger partial charge in [0.15, 0.2) is 0 Å². The number of piperidine rings is 1. The van der Waals surface area contributed by atoms with Crippen LogP contribution in [-0.2, 0) is 13.1 Å². The van der Waals surface area contributed by atoms with E-state index in [1.165, 1.54) is 11.9 Å². The molecule has 1 amide bonds. The fourth-order valence-electron chi connectivity index (χ4n) is 5.00. The van der Waals surface area contributed by atoms with Crippen LogP contribution in [0.25, 0.3) is 11.0 Å². The van der Waals surface area contributed by atoms with Crippen LogP contribution in [-0.4, -0.2) is 55.9 Å². The molecule has 3 aliphatic rings. The number of carbonyl (C=O) groups excluding carboxylic acids is 1.